The number of guanidine groups is 1. The van der Waals surface area contributed by atoms with Gasteiger partial charge in [-0.25, -0.2) is 4.99 Å². The normalized spacial score (nSPS) is 22.3. The van der Waals surface area contributed by atoms with Crippen molar-refractivity contribution in [2.45, 2.75) is 70.2 Å². The molecule has 2 N–H and O–H groups in total. The quantitative estimate of drug-likeness (QED) is 0.341. The molecule has 0 spiro atoms. The zero-order valence-corrected chi connectivity index (χ0v) is 18.9. The van der Waals surface area contributed by atoms with Crippen LogP contribution >= 0.6 is 35.7 Å². The second kappa shape index (κ2) is 13.1. The maximum atomic E-state index is 11.8. The Morgan fingerprint density at radius 2 is 2.04 bits per heavy atom. The van der Waals surface area contributed by atoms with Gasteiger partial charge in [0, 0.05) is 31.4 Å². The summed E-state index contributed by atoms with van der Waals surface area (Å²) in [5, 5.41) is 7.72. The molecule has 3 atom stereocenters. The van der Waals surface area contributed by atoms with Crippen LogP contribution in [0.1, 0.15) is 52.9 Å². The van der Waals surface area contributed by atoms with Crippen LogP contribution in [0, 0.1) is 0 Å². The van der Waals surface area contributed by atoms with E-state index >= 15 is 0 Å². The lowest BCUT2D eigenvalue weighted by atomic mass is 9.95. The highest BCUT2D eigenvalue weighted by Crippen LogP contribution is 2.28. The van der Waals surface area contributed by atoms with Gasteiger partial charge >= 0.3 is 0 Å². The average Bonchev–Trinajstić information content (AvgIpc) is 2.52. The Bertz CT molecular complexity index is 391. The predicted molar refractivity (Wildman–Crippen MR) is 117 cm³/mol. The number of hydrogen-bond acceptors (Lipinski definition) is 3. The van der Waals surface area contributed by atoms with Crippen LogP contribution in [0.4, 0.5) is 0 Å². The van der Waals surface area contributed by atoms with Gasteiger partial charge in [0.25, 0.3) is 0 Å². The molecule has 1 saturated carbocycles. The van der Waals surface area contributed by atoms with Crippen molar-refractivity contribution in [3.63, 3.8) is 0 Å². The Morgan fingerprint density at radius 3 is 2.62 bits per heavy atom. The Labute approximate surface area is 169 Å². The molecule has 1 aliphatic rings. The smallest absolute Gasteiger partial charge is 0.243 e. The minimum atomic E-state index is 0. The first-order valence-corrected chi connectivity index (χ1v) is 9.90. The van der Waals surface area contributed by atoms with Crippen molar-refractivity contribution in [1.29, 1.82) is 0 Å². The summed E-state index contributed by atoms with van der Waals surface area (Å²) in [6, 6.07) is 0.803. The van der Waals surface area contributed by atoms with Gasteiger partial charge in [-0.2, -0.15) is 11.8 Å². The summed E-state index contributed by atoms with van der Waals surface area (Å²) in [4.78, 5) is 17.9. The van der Waals surface area contributed by atoms with Gasteiger partial charge in [0.2, 0.25) is 5.91 Å². The molecule has 0 bridgehead atoms. The van der Waals surface area contributed by atoms with Crippen molar-refractivity contribution in [3.05, 3.63) is 0 Å². The molecular formula is C17H35IN4OS. The van der Waals surface area contributed by atoms with E-state index in [9.17, 15) is 4.79 Å². The van der Waals surface area contributed by atoms with E-state index in [2.05, 4.69) is 48.2 Å². The lowest BCUT2D eigenvalue weighted by Gasteiger charge is -2.31. The highest BCUT2D eigenvalue weighted by atomic mass is 127. The van der Waals surface area contributed by atoms with E-state index < -0.39 is 0 Å². The van der Waals surface area contributed by atoms with Gasteiger partial charge < -0.3 is 15.5 Å². The van der Waals surface area contributed by atoms with Gasteiger partial charge in [-0.05, 0) is 38.4 Å². The molecule has 1 fully saturated rings. The molecule has 142 valence electrons. The van der Waals surface area contributed by atoms with Crippen LogP contribution in [0.25, 0.3) is 0 Å². The van der Waals surface area contributed by atoms with Crippen LogP contribution in [-0.2, 0) is 4.79 Å². The fourth-order valence-electron chi connectivity index (χ4n) is 2.61. The van der Waals surface area contributed by atoms with Gasteiger partial charge in [-0.15, -0.1) is 24.0 Å². The second-order valence-corrected chi connectivity index (χ2v) is 8.07. The zero-order valence-electron chi connectivity index (χ0n) is 15.8. The first-order valence-electron chi connectivity index (χ1n) is 8.85. The molecule has 0 radical (unpaired) electrons. The summed E-state index contributed by atoms with van der Waals surface area (Å²) in [6.07, 6.45) is 5.98. The number of thioether (sulfide) groups is 1. The number of carbonyl (C=O) groups is 1. The number of aliphatic imine (C=N–C) groups is 1. The van der Waals surface area contributed by atoms with Gasteiger partial charge in [0.15, 0.2) is 5.96 Å². The number of halogens is 1. The second-order valence-electron chi connectivity index (χ2n) is 6.49. The van der Waals surface area contributed by atoms with E-state index in [1.54, 1.807) is 19.0 Å². The number of rotatable bonds is 7. The van der Waals surface area contributed by atoms with Gasteiger partial charge in [0.05, 0.1) is 0 Å². The molecule has 0 aromatic carbocycles. The first kappa shape index (κ1) is 23.8. The number of hydrogen-bond donors (Lipinski definition) is 2. The Morgan fingerprint density at radius 1 is 1.33 bits per heavy atom. The standard InChI is InChI=1S/C17H34N4OS.HI/c1-6-13(3)19-17(18-12-16(22)21(4)5)20-14-9-8-10-15(11-14)23-7-2;/h13-15H,6-12H2,1-5H3,(H2,18,19,20);1H. The van der Waals surface area contributed by atoms with E-state index in [-0.39, 0.29) is 36.4 Å². The molecular weight excluding hydrogens is 435 g/mol. The molecule has 3 unspecified atom stereocenters. The lowest BCUT2D eigenvalue weighted by Crippen LogP contribution is -2.48. The molecule has 24 heavy (non-hydrogen) atoms. The highest BCUT2D eigenvalue weighted by Gasteiger charge is 2.23. The van der Waals surface area contributed by atoms with E-state index in [0.717, 1.165) is 17.6 Å². The molecule has 1 rings (SSSR count). The summed E-state index contributed by atoms with van der Waals surface area (Å²) in [5.41, 5.74) is 0. The summed E-state index contributed by atoms with van der Waals surface area (Å²) in [7, 11) is 3.53. The molecule has 1 amide bonds. The number of carbonyl (C=O) groups excluding carboxylic acids is 1. The fourth-order valence-corrected chi connectivity index (χ4v) is 3.79. The van der Waals surface area contributed by atoms with Crippen LogP contribution in [0.3, 0.4) is 0 Å². The van der Waals surface area contributed by atoms with Crippen molar-refractivity contribution in [3.8, 4) is 0 Å². The fraction of sp³-hybridized carbons (Fsp3) is 0.882. The monoisotopic (exact) mass is 470 g/mol. The van der Waals surface area contributed by atoms with Crippen LogP contribution in [0.15, 0.2) is 4.99 Å². The highest BCUT2D eigenvalue weighted by molar-refractivity contribution is 14.0. The van der Waals surface area contributed by atoms with Crippen LogP contribution in [0.5, 0.6) is 0 Å². The van der Waals surface area contributed by atoms with E-state index in [1.165, 1.54) is 31.4 Å². The molecule has 0 aromatic rings. The van der Waals surface area contributed by atoms with Crippen LogP contribution in [0.2, 0.25) is 0 Å². The summed E-state index contributed by atoms with van der Waals surface area (Å²) < 4.78 is 0. The van der Waals surface area contributed by atoms with Gasteiger partial charge in [-0.3, -0.25) is 4.79 Å². The van der Waals surface area contributed by atoms with E-state index in [4.69, 9.17) is 0 Å². The number of nitrogens with one attached hydrogen (secondary N) is 2. The third kappa shape index (κ3) is 9.34. The van der Waals surface area contributed by atoms with Crippen molar-refractivity contribution in [2.24, 2.45) is 4.99 Å². The van der Waals surface area contributed by atoms with E-state index in [0.29, 0.717) is 12.1 Å². The first-order chi connectivity index (χ1) is 11.0. The van der Waals surface area contributed by atoms with Crippen LogP contribution < -0.4 is 10.6 Å². The number of amides is 1. The maximum absolute atomic E-state index is 11.8. The zero-order chi connectivity index (χ0) is 17.2. The maximum Gasteiger partial charge on any atom is 0.243 e. The SMILES string of the molecule is CCSC1CCCC(NC(=NCC(=O)N(C)C)NC(C)CC)C1.I. The Kier molecular flexibility index (Phi) is 13.0. The summed E-state index contributed by atoms with van der Waals surface area (Å²) in [6.45, 7) is 6.71. The Balaban J connectivity index is 0.00000529. The van der Waals surface area contributed by atoms with Gasteiger partial charge in [0.1, 0.15) is 6.54 Å². The molecule has 0 heterocycles. The Hall–Kier alpha value is -0.180. The third-order valence-electron chi connectivity index (χ3n) is 4.24. The molecule has 0 aliphatic heterocycles. The van der Waals surface area contributed by atoms with E-state index in [1.807, 2.05) is 0 Å². The van der Waals surface area contributed by atoms with Crippen molar-refractivity contribution < 1.29 is 4.79 Å². The lowest BCUT2D eigenvalue weighted by molar-refractivity contribution is -0.127. The molecule has 5 nitrogen and oxygen atoms in total. The molecule has 7 heteroatoms. The minimum Gasteiger partial charge on any atom is -0.354 e. The third-order valence-corrected chi connectivity index (χ3v) is 5.47. The van der Waals surface area contributed by atoms with Crippen molar-refractivity contribution in [1.82, 2.24) is 15.5 Å². The van der Waals surface area contributed by atoms with Crippen molar-refractivity contribution >= 4 is 47.6 Å². The van der Waals surface area contributed by atoms with Gasteiger partial charge in [-0.1, -0.05) is 20.3 Å². The number of nitrogens with zero attached hydrogens (tertiary/aromatic N) is 2. The van der Waals surface area contributed by atoms with Crippen LogP contribution in [-0.4, -0.2) is 60.5 Å². The summed E-state index contributed by atoms with van der Waals surface area (Å²) >= 11 is 2.06. The minimum absolute atomic E-state index is 0. The number of likely N-dealkylation sites (N-methyl/N-ethyl adjacent to an activating group) is 1. The molecule has 1 aliphatic carbocycles. The molecule has 0 saturated heterocycles. The molecule has 0 aromatic heterocycles. The topological polar surface area (TPSA) is 56.7 Å². The average molecular weight is 470 g/mol. The predicted octanol–water partition coefficient (Wildman–Crippen LogP) is 3.09. The summed E-state index contributed by atoms with van der Waals surface area (Å²) in [5.74, 6) is 1.99. The largest absolute Gasteiger partial charge is 0.354 e. The van der Waals surface area contributed by atoms with Crippen molar-refractivity contribution in [2.75, 3.05) is 26.4 Å².